The molecular formula is C11H19NO5. The average molecular weight is 245 g/mol. The summed E-state index contributed by atoms with van der Waals surface area (Å²) in [5.74, 6) is -1.59. The number of carbonyl (C=O) groups is 2. The van der Waals surface area contributed by atoms with Crippen LogP contribution in [0.2, 0.25) is 0 Å². The van der Waals surface area contributed by atoms with Gasteiger partial charge in [-0.15, -0.1) is 0 Å². The first-order chi connectivity index (χ1) is 8.11. The minimum absolute atomic E-state index is 0.152. The summed E-state index contributed by atoms with van der Waals surface area (Å²) in [6, 6.07) is -0.425. The van der Waals surface area contributed by atoms with Crippen LogP contribution in [0, 0.1) is 5.92 Å². The van der Waals surface area contributed by atoms with E-state index in [9.17, 15) is 9.59 Å². The molecule has 0 bridgehead atoms. The van der Waals surface area contributed by atoms with Crippen molar-refractivity contribution >= 4 is 12.1 Å². The Morgan fingerprint density at radius 3 is 2.65 bits per heavy atom. The van der Waals surface area contributed by atoms with E-state index in [1.54, 1.807) is 6.92 Å². The zero-order chi connectivity index (χ0) is 12.8. The Morgan fingerprint density at radius 2 is 2.12 bits per heavy atom. The van der Waals surface area contributed by atoms with E-state index in [-0.39, 0.29) is 19.8 Å². The number of hydrogen-bond acceptors (Lipinski definition) is 4. The largest absolute Gasteiger partial charge is 0.481 e. The maximum atomic E-state index is 11.7. The molecular weight excluding hydrogens is 226 g/mol. The number of aliphatic carboxylic acids is 1. The second-order valence-electron chi connectivity index (χ2n) is 3.94. The van der Waals surface area contributed by atoms with E-state index in [1.807, 2.05) is 6.92 Å². The molecule has 2 unspecified atom stereocenters. The van der Waals surface area contributed by atoms with Gasteiger partial charge in [0.05, 0.1) is 25.9 Å². The molecule has 0 aromatic heterocycles. The predicted molar refractivity (Wildman–Crippen MR) is 59.8 cm³/mol. The van der Waals surface area contributed by atoms with E-state index in [0.29, 0.717) is 6.54 Å². The second kappa shape index (κ2) is 6.44. The van der Waals surface area contributed by atoms with Gasteiger partial charge in [0.2, 0.25) is 0 Å². The van der Waals surface area contributed by atoms with Crippen LogP contribution in [0.15, 0.2) is 0 Å². The van der Waals surface area contributed by atoms with Gasteiger partial charge in [-0.25, -0.2) is 4.79 Å². The Morgan fingerprint density at radius 1 is 1.41 bits per heavy atom. The maximum absolute atomic E-state index is 11.7. The minimum atomic E-state index is -0.932. The molecule has 0 saturated carbocycles. The van der Waals surface area contributed by atoms with Gasteiger partial charge in [-0.05, 0) is 13.3 Å². The van der Waals surface area contributed by atoms with E-state index in [1.165, 1.54) is 4.90 Å². The Hall–Kier alpha value is -1.30. The number of carboxylic acid groups (broad SMARTS) is 1. The third-order valence-electron chi connectivity index (χ3n) is 2.73. The van der Waals surface area contributed by atoms with E-state index in [0.717, 1.165) is 6.42 Å². The Labute approximate surface area is 100 Å². The lowest BCUT2D eigenvalue weighted by Gasteiger charge is -2.29. The number of carbonyl (C=O) groups excluding carboxylic acids is 1. The van der Waals surface area contributed by atoms with Crippen molar-refractivity contribution in [2.75, 3.05) is 26.4 Å². The van der Waals surface area contributed by atoms with Crippen molar-refractivity contribution in [1.29, 1.82) is 0 Å². The highest BCUT2D eigenvalue weighted by molar-refractivity contribution is 5.74. The number of hydrogen-bond donors (Lipinski definition) is 1. The molecule has 1 rings (SSSR count). The van der Waals surface area contributed by atoms with Crippen molar-refractivity contribution in [3.8, 4) is 0 Å². The van der Waals surface area contributed by atoms with Gasteiger partial charge in [0.15, 0.2) is 0 Å². The third-order valence-corrected chi connectivity index (χ3v) is 2.73. The summed E-state index contributed by atoms with van der Waals surface area (Å²) in [4.78, 5) is 24.3. The average Bonchev–Trinajstić information content (AvgIpc) is 2.74. The van der Waals surface area contributed by atoms with Gasteiger partial charge < -0.3 is 19.5 Å². The lowest BCUT2D eigenvalue weighted by molar-refractivity contribution is -0.142. The monoisotopic (exact) mass is 245 g/mol. The molecule has 0 aromatic carbocycles. The van der Waals surface area contributed by atoms with Gasteiger partial charge in [-0.2, -0.15) is 0 Å². The number of carboxylic acids is 1. The summed E-state index contributed by atoms with van der Waals surface area (Å²) in [5, 5.41) is 9.05. The predicted octanol–water partition coefficient (Wildman–Crippen LogP) is 0.954. The Balaban J connectivity index is 2.74. The molecule has 0 radical (unpaired) electrons. The smallest absolute Gasteiger partial charge is 0.410 e. The van der Waals surface area contributed by atoms with Crippen molar-refractivity contribution in [3.63, 3.8) is 0 Å². The topological polar surface area (TPSA) is 76.1 Å². The molecule has 0 aromatic rings. The molecule has 2 atom stereocenters. The highest BCUT2D eigenvalue weighted by Gasteiger charge is 2.40. The molecule has 1 fully saturated rings. The molecule has 0 aliphatic carbocycles. The first kappa shape index (κ1) is 13.8. The van der Waals surface area contributed by atoms with Crippen molar-refractivity contribution in [1.82, 2.24) is 4.90 Å². The fourth-order valence-corrected chi connectivity index (χ4v) is 1.93. The van der Waals surface area contributed by atoms with Crippen LogP contribution < -0.4 is 0 Å². The molecule has 6 heteroatoms. The Bertz CT molecular complexity index is 281. The lowest BCUT2D eigenvalue weighted by atomic mass is 10.0. The second-order valence-corrected chi connectivity index (χ2v) is 3.94. The SMILES string of the molecule is CCCN(C(=O)OCC)C1COCC1C(=O)O. The summed E-state index contributed by atoms with van der Waals surface area (Å²) in [6.45, 7) is 4.83. The van der Waals surface area contributed by atoms with Gasteiger partial charge in [-0.3, -0.25) is 4.79 Å². The highest BCUT2D eigenvalue weighted by Crippen LogP contribution is 2.21. The zero-order valence-electron chi connectivity index (χ0n) is 10.2. The van der Waals surface area contributed by atoms with Gasteiger partial charge in [0, 0.05) is 6.54 Å². The Kier molecular flexibility index (Phi) is 5.21. The van der Waals surface area contributed by atoms with Crippen LogP contribution in [0.4, 0.5) is 4.79 Å². The van der Waals surface area contributed by atoms with Gasteiger partial charge in [0.25, 0.3) is 0 Å². The van der Waals surface area contributed by atoms with Gasteiger partial charge in [-0.1, -0.05) is 6.92 Å². The van der Waals surface area contributed by atoms with E-state index in [4.69, 9.17) is 14.6 Å². The first-order valence-corrected chi connectivity index (χ1v) is 5.85. The summed E-state index contributed by atoms with van der Waals surface area (Å²) >= 11 is 0. The van der Waals surface area contributed by atoms with E-state index >= 15 is 0 Å². The lowest BCUT2D eigenvalue weighted by Crippen LogP contribution is -2.47. The van der Waals surface area contributed by atoms with Crippen molar-refractivity contribution in [2.24, 2.45) is 5.92 Å². The van der Waals surface area contributed by atoms with E-state index < -0.39 is 24.0 Å². The highest BCUT2D eigenvalue weighted by atomic mass is 16.6. The molecule has 0 spiro atoms. The summed E-state index contributed by atoms with van der Waals surface area (Å²) in [6.07, 6.45) is 0.290. The summed E-state index contributed by atoms with van der Waals surface area (Å²) < 4.78 is 10.1. The fraction of sp³-hybridized carbons (Fsp3) is 0.818. The number of rotatable bonds is 5. The molecule has 1 N–H and O–H groups in total. The molecule has 6 nitrogen and oxygen atoms in total. The zero-order valence-corrected chi connectivity index (χ0v) is 10.2. The number of nitrogens with zero attached hydrogens (tertiary/aromatic N) is 1. The van der Waals surface area contributed by atoms with Crippen LogP contribution in [0.5, 0.6) is 0 Å². The van der Waals surface area contributed by atoms with Crippen LogP contribution in [-0.2, 0) is 14.3 Å². The molecule has 1 heterocycles. The first-order valence-electron chi connectivity index (χ1n) is 5.85. The maximum Gasteiger partial charge on any atom is 0.410 e. The summed E-state index contributed by atoms with van der Waals surface area (Å²) in [7, 11) is 0. The molecule has 1 saturated heterocycles. The van der Waals surface area contributed by atoms with Crippen molar-refractivity contribution in [2.45, 2.75) is 26.3 Å². The van der Waals surface area contributed by atoms with Gasteiger partial charge in [0.1, 0.15) is 5.92 Å². The van der Waals surface area contributed by atoms with Crippen LogP contribution >= 0.6 is 0 Å². The third kappa shape index (κ3) is 3.33. The molecule has 98 valence electrons. The molecule has 1 aliphatic heterocycles. The fourth-order valence-electron chi connectivity index (χ4n) is 1.93. The van der Waals surface area contributed by atoms with Crippen LogP contribution in [0.1, 0.15) is 20.3 Å². The van der Waals surface area contributed by atoms with E-state index in [2.05, 4.69) is 0 Å². The molecule has 17 heavy (non-hydrogen) atoms. The molecule has 1 aliphatic rings. The van der Waals surface area contributed by atoms with Crippen LogP contribution in [0.25, 0.3) is 0 Å². The number of ether oxygens (including phenoxy) is 2. The molecule has 1 amide bonds. The van der Waals surface area contributed by atoms with Crippen molar-refractivity contribution < 1.29 is 24.2 Å². The normalized spacial score (nSPS) is 23.4. The van der Waals surface area contributed by atoms with Gasteiger partial charge >= 0.3 is 12.1 Å². The minimum Gasteiger partial charge on any atom is -0.481 e. The quantitative estimate of drug-likeness (QED) is 0.780. The standard InChI is InChI=1S/C11H19NO5/c1-3-5-12(11(15)17-4-2)9-7-16-6-8(9)10(13)14/h8-9H,3-7H2,1-2H3,(H,13,14). The van der Waals surface area contributed by atoms with Crippen LogP contribution in [-0.4, -0.2) is 54.5 Å². The summed E-state index contributed by atoms with van der Waals surface area (Å²) in [5.41, 5.74) is 0. The number of amides is 1. The van der Waals surface area contributed by atoms with Crippen molar-refractivity contribution in [3.05, 3.63) is 0 Å². The van der Waals surface area contributed by atoms with Crippen LogP contribution in [0.3, 0.4) is 0 Å².